The van der Waals surface area contributed by atoms with Crippen LogP contribution in [0.5, 0.6) is 0 Å². The molecule has 0 radical (unpaired) electrons. The quantitative estimate of drug-likeness (QED) is 0.452. The van der Waals surface area contributed by atoms with Gasteiger partial charge < -0.3 is 20.4 Å². The van der Waals surface area contributed by atoms with Crippen molar-refractivity contribution in [2.24, 2.45) is 0 Å². The van der Waals surface area contributed by atoms with Crippen molar-refractivity contribution < 1.29 is 18.8 Å². The molecule has 3 N–H and O–H groups in total. The number of benzene rings is 2. The molecule has 2 aromatic carbocycles. The first-order valence-electron chi connectivity index (χ1n) is 10.1. The molecule has 1 aromatic heterocycles. The second-order valence-corrected chi connectivity index (χ2v) is 8.49. The molecule has 0 saturated heterocycles. The summed E-state index contributed by atoms with van der Waals surface area (Å²) in [5.74, 6) is -0.0298. The van der Waals surface area contributed by atoms with Crippen molar-refractivity contribution in [3.05, 3.63) is 83.8 Å². The molecule has 1 unspecified atom stereocenters. The SMILES string of the molecule is Cc1ccc(NC(=O)CSC(C)C(=O)Nc2ccccc2C(=O)NCc2ccco2)cc1. The maximum atomic E-state index is 12.6. The number of anilines is 2. The topological polar surface area (TPSA) is 100 Å². The van der Waals surface area contributed by atoms with Gasteiger partial charge in [-0.1, -0.05) is 29.8 Å². The molecule has 1 heterocycles. The molecule has 3 amide bonds. The summed E-state index contributed by atoms with van der Waals surface area (Å²) >= 11 is 1.22. The van der Waals surface area contributed by atoms with E-state index in [1.807, 2.05) is 31.2 Å². The highest BCUT2D eigenvalue weighted by atomic mass is 32.2. The van der Waals surface area contributed by atoms with E-state index in [0.29, 0.717) is 22.7 Å². The Balaban J connectivity index is 1.51. The van der Waals surface area contributed by atoms with Gasteiger partial charge in [0.05, 0.1) is 35.1 Å². The number of carbonyl (C=O) groups is 3. The minimum atomic E-state index is -0.488. The summed E-state index contributed by atoms with van der Waals surface area (Å²) in [7, 11) is 0. The van der Waals surface area contributed by atoms with Crippen LogP contribution in [-0.4, -0.2) is 28.7 Å². The fourth-order valence-electron chi connectivity index (χ4n) is 2.81. The number of nitrogens with one attached hydrogen (secondary N) is 3. The van der Waals surface area contributed by atoms with E-state index in [0.717, 1.165) is 5.56 Å². The molecule has 166 valence electrons. The summed E-state index contributed by atoms with van der Waals surface area (Å²) < 4.78 is 5.21. The molecular formula is C24H25N3O4S. The third kappa shape index (κ3) is 6.75. The maximum absolute atomic E-state index is 12.6. The molecule has 3 aromatic rings. The first kappa shape index (κ1) is 23.1. The van der Waals surface area contributed by atoms with Crippen LogP contribution in [0.15, 0.2) is 71.3 Å². The lowest BCUT2D eigenvalue weighted by Crippen LogP contribution is -2.28. The Kier molecular flexibility index (Phi) is 8.10. The van der Waals surface area contributed by atoms with Gasteiger partial charge in [-0.2, -0.15) is 0 Å². The van der Waals surface area contributed by atoms with E-state index in [4.69, 9.17) is 4.42 Å². The summed E-state index contributed by atoms with van der Waals surface area (Å²) in [5.41, 5.74) is 2.58. The third-order valence-corrected chi connectivity index (χ3v) is 5.74. The number of rotatable bonds is 9. The normalized spacial score (nSPS) is 11.4. The Morgan fingerprint density at radius 2 is 1.72 bits per heavy atom. The van der Waals surface area contributed by atoms with Crippen molar-refractivity contribution in [1.82, 2.24) is 5.32 Å². The van der Waals surface area contributed by atoms with Crippen molar-refractivity contribution in [1.29, 1.82) is 0 Å². The Morgan fingerprint density at radius 1 is 0.969 bits per heavy atom. The highest BCUT2D eigenvalue weighted by Gasteiger charge is 2.18. The Bertz CT molecular complexity index is 1070. The first-order chi connectivity index (χ1) is 15.4. The lowest BCUT2D eigenvalue weighted by Gasteiger charge is -2.14. The number of hydrogen-bond acceptors (Lipinski definition) is 5. The van der Waals surface area contributed by atoms with Crippen LogP contribution >= 0.6 is 11.8 Å². The second kappa shape index (κ2) is 11.2. The average Bonchev–Trinajstić information content (AvgIpc) is 3.31. The fourth-order valence-corrected chi connectivity index (χ4v) is 3.49. The van der Waals surface area contributed by atoms with Gasteiger partial charge in [-0.3, -0.25) is 14.4 Å². The molecule has 3 rings (SSSR count). The van der Waals surface area contributed by atoms with Gasteiger partial charge >= 0.3 is 0 Å². The van der Waals surface area contributed by atoms with Crippen LogP contribution in [0.2, 0.25) is 0 Å². The van der Waals surface area contributed by atoms with Crippen molar-refractivity contribution >= 4 is 40.9 Å². The van der Waals surface area contributed by atoms with Crippen molar-refractivity contribution in [3.63, 3.8) is 0 Å². The predicted molar refractivity (Wildman–Crippen MR) is 127 cm³/mol. The monoisotopic (exact) mass is 451 g/mol. The second-order valence-electron chi connectivity index (χ2n) is 7.16. The van der Waals surface area contributed by atoms with E-state index in [1.54, 1.807) is 43.3 Å². The number of hydrogen-bond donors (Lipinski definition) is 3. The molecule has 0 spiro atoms. The molecule has 0 aliphatic rings. The van der Waals surface area contributed by atoms with E-state index >= 15 is 0 Å². The Labute approximate surface area is 191 Å². The van der Waals surface area contributed by atoms with Gasteiger partial charge in [-0.05, 0) is 50.2 Å². The van der Waals surface area contributed by atoms with Gasteiger partial charge in [0.25, 0.3) is 5.91 Å². The van der Waals surface area contributed by atoms with Crippen LogP contribution in [-0.2, 0) is 16.1 Å². The smallest absolute Gasteiger partial charge is 0.253 e. The van der Waals surface area contributed by atoms with Gasteiger partial charge in [0.15, 0.2) is 0 Å². The first-order valence-corrected chi connectivity index (χ1v) is 11.2. The fraction of sp³-hybridized carbons (Fsp3) is 0.208. The lowest BCUT2D eigenvalue weighted by atomic mass is 10.1. The molecule has 0 fully saturated rings. The van der Waals surface area contributed by atoms with Gasteiger partial charge in [0.2, 0.25) is 11.8 Å². The van der Waals surface area contributed by atoms with Crippen LogP contribution in [0.1, 0.15) is 28.6 Å². The zero-order valence-corrected chi connectivity index (χ0v) is 18.7. The summed E-state index contributed by atoms with van der Waals surface area (Å²) in [4.78, 5) is 37.4. The standard InChI is InChI=1S/C24H25N3O4S/c1-16-9-11-18(12-10-16)26-22(28)15-32-17(2)23(29)27-21-8-4-3-7-20(21)24(30)25-14-19-6-5-13-31-19/h3-13,17H,14-15H2,1-2H3,(H,25,30)(H,26,28)(H,27,29). The minimum Gasteiger partial charge on any atom is -0.467 e. The largest absolute Gasteiger partial charge is 0.467 e. The van der Waals surface area contributed by atoms with E-state index in [1.165, 1.54) is 18.0 Å². The average molecular weight is 452 g/mol. The molecule has 0 aliphatic carbocycles. The Morgan fingerprint density at radius 3 is 2.44 bits per heavy atom. The molecule has 32 heavy (non-hydrogen) atoms. The van der Waals surface area contributed by atoms with Crippen LogP contribution in [0.25, 0.3) is 0 Å². The summed E-state index contributed by atoms with van der Waals surface area (Å²) in [5, 5.41) is 7.88. The zero-order chi connectivity index (χ0) is 22.9. The van der Waals surface area contributed by atoms with E-state index in [-0.39, 0.29) is 30.0 Å². The molecule has 0 bridgehead atoms. The number of para-hydroxylation sites is 1. The lowest BCUT2D eigenvalue weighted by molar-refractivity contribution is -0.115. The number of furan rings is 1. The molecule has 0 aliphatic heterocycles. The van der Waals surface area contributed by atoms with Crippen molar-refractivity contribution in [2.75, 3.05) is 16.4 Å². The third-order valence-electron chi connectivity index (χ3n) is 4.60. The minimum absolute atomic E-state index is 0.133. The molecular weight excluding hydrogens is 426 g/mol. The number of thioether (sulfide) groups is 1. The number of aryl methyl sites for hydroxylation is 1. The summed E-state index contributed by atoms with van der Waals surface area (Å²) in [6.45, 7) is 3.94. The van der Waals surface area contributed by atoms with Crippen LogP contribution < -0.4 is 16.0 Å². The highest BCUT2D eigenvalue weighted by Crippen LogP contribution is 2.19. The van der Waals surface area contributed by atoms with Crippen LogP contribution in [0.3, 0.4) is 0 Å². The number of amides is 3. The van der Waals surface area contributed by atoms with E-state index in [9.17, 15) is 14.4 Å². The van der Waals surface area contributed by atoms with Crippen LogP contribution in [0, 0.1) is 6.92 Å². The zero-order valence-electron chi connectivity index (χ0n) is 17.9. The summed E-state index contributed by atoms with van der Waals surface area (Å²) in [6.07, 6.45) is 1.54. The van der Waals surface area contributed by atoms with Crippen molar-refractivity contribution in [3.8, 4) is 0 Å². The number of carbonyl (C=O) groups excluding carboxylic acids is 3. The molecule has 7 nitrogen and oxygen atoms in total. The predicted octanol–water partition coefficient (Wildman–Crippen LogP) is 4.22. The Hall–Kier alpha value is -3.52. The van der Waals surface area contributed by atoms with E-state index < -0.39 is 5.25 Å². The van der Waals surface area contributed by atoms with Crippen molar-refractivity contribution in [2.45, 2.75) is 25.6 Å². The molecule has 8 heteroatoms. The van der Waals surface area contributed by atoms with Gasteiger partial charge in [-0.15, -0.1) is 11.8 Å². The summed E-state index contributed by atoms with van der Waals surface area (Å²) in [6, 6.07) is 17.8. The highest BCUT2D eigenvalue weighted by molar-refractivity contribution is 8.01. The van der Waals surface area contributed by atoms with Gasteiger partial charge in [0, 0.05) is 5.69 Å². The van der Waals surface area contributed by atoms with Gasteiger partial charge in [0.1, 0.15) is 5.76 Å². The van der Waals surface area contributed by atoms with E-state index in [2.05, 4.69) is 16.0 Å². The van der Waals surface area contributed by atoms with Crippen LogP contribution in [0.4, 0.5) is 11.4 Å². The van der Waals surface area contributed by atoms with Gasteiger partial charge in [-0.25, -0.2) is 0 Å². The maximum Gasteiger partial charge on any atom is 0.253 e. The molecule has 0 saturated carbocycles. The molecule has 1 atom stereocenters.